The molecule has 0 aliphatic carbocycles. The lowest BCUT2D eigenvalue weighted by atomic mass is 10.1. The summed E-state index contributed by atoms with van der Waals surface area (Å²) in [5.74, 6) is -1.76. The lowest BCUT2D eigenvalue weighted by molar-refractivity contribution is -0.385. The van der Waals surface area contributed by atoms with Crippen molar-refractivity contribution in [3.8, 4) is 5.75 Å². The Labute approximate surface area is 142 Å². The van der Waals surface area contributed by atoms with Gasteiger partial charge in [0.25, 0.3) is 5.69 Å². The molecule has 0 amide bonds. The van der Waals surface area contributed by atoms with Crippen LogP contribution in [0, 0.1) is 22.9 Å². The summed E-state index contributed by atoms with van der Waals surface area (Å²) in [5.41, 5.74) is 0.296. The highest BCUT2D eigenvalue weighted by molar-refractivity contribution is 5.98. The van der Waals surface area contributed by atoms with Crippen molar-refractivity contribution in [3.05, 3.63) is 69.5 Å². The zero-order valence-electron chi connectivity index (χ0n) is 13.2. The van der Waals surface area contributed by atoms with Crippen LogP contribution in [0.1, 0.15) is 15.9 Å². The van der Waals surface area contributed by atoms with E-state index in [1.807, 2.05) is 0 Å². The van der Waals surface area contributed by atoms with E-state index in [9.17, 15) is 24.1 Å². The fourth-order valence-corrected chi connectivity index (χ4v) is 1.95. The van der Waals surface area contributed by atoms with E-state index in [2.05, 4.69) is 0 Å². The highest BCUT2D eigenvalue weighted by Crippen LogP contribution is 2.19. The summed E-state index contributed by atoms with van der Waals surface area (Å²) in [7, 11) is 0. The lowest BCUT2D eigenvalue weighted by Gasteiger charge is -2.07. The van der Waals surface area contributed by atoms with Crippen molar-refractivity contribution < 1.29 is 28.4 Å². The summed E-state index contributed by atoms with van der Waals surface area (Å²) in [6.07, 6.45) is 0. The number of ketones is 1. The first-order chi connectivity index (χ1) is 11.9. The number of halogens is 1. The number of nitrogens with zero attached hydrogens (tertiary/aromatic N) is 1. The van der Waals surface area contributed by atoms with Gasteiger partial charge in [-0.2, -0.15) is 0 Å². The molecule has 2 aromatic rings. The maximum absolute atomic E-state index is 13.0. The maximum atomic E-state index is 13.0. The van der Waals surface area contributed by atoms with E-state index in [0.29, 0.717) is 5.56 Å². The molecule has 0 aliphatic rings. The zero-order chi connectivity index (χ0) is 18.4. The quantitative estimate of drug-likeness (QED) is 0.331. The first-order valence-corrected chi connectivity index (χ1v) is 7.19. The predicted octanol–water partition coefficient (Wildman–Crippen LogP) is 2.85. The summed E-state index contributed by atoms with van der Waals surface area (Å²) in [6.45, 7) is 0.479. The fraction of sp³-hybridized carbons (Fsp3) is 0.176. The number of Topliss-reactive ketones (excluding diaryl/α,β-unsaturated/α-hetero) is 1. The van der Waals surface area contributed by atoms with E-state index in [1.54, 1.807) is 6.92 Å². The summed E-state index contributed by atoms with van der Waals surface area (Å²) in [4.78, 5) is 33.8. The number of aryl methyl sites for hydroxylation is 1. The Morgan fingerprint density at radius 2 is 1.92 bits per heavy atom. The molecule has 0 atom stereocenters. The van der Waals surface area contributed by atoms with Crippen LogP contribution in [0.4, 0.5) is 10.1 Å². The van der Waals surface area contributed by atoms with E-state index in [1.165, 1.54) is 30.3 Å². The third kappa shape index (κ3) is 5.10. The van der Waals surface area contributed by atoms with Crippen LogP contribution in [0.3, 0.4) is 0 Å². The van der Waals surface area contributed by atoms with Crippen LogP contribution in [0.5, 0.6) is 5.75 Å². The molecular formula is C17H14FNO6. The molecule has 0 saturated carbocycles. The van der Waals surface area contributed by atoms with Crippen molar-refractivity contribution in [2.45, 2.75) is 6.92 Å². The van der Waals surface area contributed by atoms with E-state index in [0.717, 1.165) is 12.1 Å². The Morgan fingerprint density at radius 1 is 1.16 bits per heavy atom. The minimum Gasteiger partial charge on any atom is -0.482 e. The number of carbonyl (C=O) groups is 2. The van der Waals surface area contributed by atoms with Crippen LogP contribution in [0.2, 0.25) is 0 Å². The summed E-state index contributed by atoms with van der Waals surface area (Å²) in [5, 5.41) is 10.9. The second-order valence-electron chi connectivity index (χ2n) is 5.09. The monoisotopic (exact) mass is 347 g/mol. The van der Waals surface area contributed by atoms with Crippen molar-refractivity contribution in [3.63, 3.8) is 0 Å². The number of ether oxygens (including phenoxy) is 2. The van der Waals surface area contributed by atoms with E-state index < -0.39 is 35.7 Å². The molecule has 0 bridgehead atoms. The molecule has 2 aromatic carbocycles. The number of carbonyl (C=O) groups excluding carboxylic acids is 2. The molecule has 7 nitrogen and oxygen atoms in total. The number of hydrogen-bond acceptors (Lipinski definition) is 6. The van der Waals surface area contributed by atoms with Crippen molar-refractivity contribution in [1.82, 2.24) is 0 Å². The van der Waals surface area contributed by atoms with Gasteiger partial charge in [-0.15, -0.1) is 0 Å². The fourth-order valence-electron chi connectivity index (χ4n) is 1.95. The molecule has 0 heterocycles. The zero-order valence-corrected chi connectivity index (χ0v) is 13.2. The average Bonchev–Trinajstić information content (AvgIpc) is 2.58. The van der Waals surface area contributed by atoms with Crippen molar-refractivity contribution >= 4 is 17.4 Å². The SMILES string of the molecule is Cc1ccc(C(=O)COC(=O)COc2cccc(F)c2)cc1[N+](=O)[O-]. The van der Waals surface area contributed by atoms with Gasteiger partial charge in [0.2, 0.25) is 5.78 Å². The molecule has 25 heavy (non-hydrogen) atoms. The Morgan fingerprint density at radius 3 is 2.60 bits per heavy atom. The topological polar surface area (TPSA) is 95.7 Å². The Hall–Kier alpha value is -3.29. The molecule has 0 N–H and O–H groups in total. The van der Waals surface area contributed by atoms with E-state index >= 15 is 0 Å². The molecule has 0 aliphatic heterocycles. The normalized spacial score (nSPS) is 10.2. The molecule has 130 valence electrons. The average molecular weight is 347 g/mol. The van der Waals surface area contributed by atoms with Gasteiger partial charge in [-0.05, 0) is 19.1 Å². The van der Waals surface area contributed by atoms with Gasteiger partial charge in [0, 0.05) is 23.3 Å². The summed E-state index contributed by atoms with van der Waals surface area (Å²) in [6, 6.07) is 9.21. The number of nitro benzene ring substituents is 1. The van der Waals surface area contributed by atoms with Gasteiger partial charge in [-0.1, -0.05) is 18.2 Å². The maximum Gasteiger partial charge on any atom is 0.344 e. The van der Waals surface area contributed by atoms with Crippen molar-refractivity contribution in [1.29, 1.82) is 0 Å². The lowest BCUT2D eigenvalue weighted by Crippen LogP contribution is -2.19. The smallest absolute Gasteiger partial charge is 0.344 e. The molecule has 0 unspecified atom stereocenters. The van der Waals surface area contributed by atoms with Crippen molar-refractivity contribution in [2.75, 3.05) is 13.2 Å². The van der Waals surface area contributed by atoms with Crippen LogP contribution < -0.4 is 4.74 Å². The van der Waals surface area contributed by atoms with Gasteiger partial charge >= 0.3 is 5.97 Å². The number of nitro groups is 1. The summed E-state index contributed by atoms with van der Waals surface area (Å²) >= 11 is 0. The van der Waals surface area contributed by atoms with Crippen LogP contribution >= 0.6 is 0 Å². The van der Waals surface area contributed by atoms with Gasteiger partial charge in [0.1, 0.15) is 11.6 Å². The van der Waals surface area contributed by atoms with Crippen molar-refractivity contribution in [2.24, 2.45) is 0 Å². The number of hydrogen-bond donors (Lipinski definition) is 0. The molecule has 8 heteroatoms. The molecule has 0 spiro atoms. The van der Waals surface area contributed by atoms with Crippen LogP contribution in [0.15, 0.2) is 42.5 Å². The third-order valence-electron chi connectivity index (χ3n) is 3.24. The van der Waals surface area contributed by atoms with Crippen LogP contribution in [-0.4, -0.2) is 29.9 Å². The standard InChI is InChI=1S/C17H14FNO6/c1-11-5-6-12(7-15(11)19(22)23)16(20)9-25-17(21)10-24-14-4-2-3-13(18)8-14/h2-8H,9-10H2,1H3. The second-order valence-corrected chi connectivity index (χ2v) is 5.09. The highest BCUT2D eigenvalue weighted by atomic mass is 19.1. The number of rotatable bonds is 7. The molecule has 0 fully saturated rings. The van der Waals surface area contributed by atoms with Gasteiger partial charge in [0.05, 0.1) is 4.92 Å². The molecular weight excluding hydrogens is 333 g/mol. The molecule has 0 radical (unpaired) electrons. The predicted molar refractivity (Wildman–Crippen MR) is 85.0 cm³/mol. The first kappa shape index (κ1) is 18.1. The van der Waals surface area contributed by atoms with Crippen LogP contribution in [-0.2, 0) is 9.53 Å². The van der Waals surface area contributed by atoms with Crippen LogP contribution in [0.25, 0.3) is 0 Å². The first-order valence-electron chi connectivity index (χ1n) is 7.19. The van der Waals surface area contributed by atoms with Gasteiger partial charge in [-0.25, -0.2) is 9.18 Å². The Kier molecular flexibility index (Phi) is 5.78. The van der Waals surface area contributed by atoms with E-state index in [4.69, 9.17) is 9.47 Å². The molecule has 0 aromatic heterocycles. The Balaban J connectivity index is 1.88. The number of esters is 1. The Bertz CT molecular complexity index is 821. The van der Waals surface area contributed by atoms with Gasteiger partial charge in [-0.3, -0.25) is 14.9 Å². The van der Waals surface area contributed by atoms with Gasteiger partial charge < -0.3 is 9.47 Å². The molecule has 2 rings (SSSR count). The largest absolute Gasteiger partial charge is 0.482 e. The summed E-state index contributed by atoms with van der Waals surface area (Å²) < 4.78 is 22.8. The minimum atomic E-state index is -0.820. The minimum absolute atomic E-state index is 0.0659. The van der Waals surface area contributed by atoms with E-state index in [-0.39, 0.29) is 17.0 Å². The highest BCUT2D eigenvalue weighted by Gasteiger charge is 2.16. The third-order valence-corrected chi connectivity index (χ3v) is 3.24. The number of benzene rings is 2. The molecule has 0 saturated heterocycles. The van der Waals surface area contributed by atoms with Gasteiger partial charge in [0.15, 0.2) is 13.2 Å². The second kappa shape index (κ2) is 8.00.